The first-order valence-corrected chi connectivity index (χ1v) is 5.86. The van der Waals surface area contributed by atoms with E-state index in [1.165, 1.54) is 4.68 Å². The maximum Gasteiger partial charge on any atom is 0.277 e. The number of fused-ring (bicyclic) bond motifs is 1. The van der Waals surface area contributed by atoms with Crippen LogP contribution >= 0.6 is 0 Å². The summed E-state index contributed by atoms with van der Waals surface area (Å²) in [7, 11) is 0. The number of rotatable bonds is 5. The van der Waals surface area contributed by atoms with E-state index in [0.717, 1.165) is 19.5 Å². The molecule has 0 bridgehead atoms. The molecule has 0 fully saturated rings. The fourth-order valence-electron chi connectivity index (χ4n) is 1.70. The predicted octanol–water partition coefficient (Wildman–Crippen LogP) is 0.791. The van der Waals surface area contributed by atoms with Crippen molar-refractivity contribution in [2.24, 2.45) is 0 Å². The minimum atomic E-state index is -0.0629. The number of nitrogens with zero attached hydrogens (tertiary/aromatic N) is 3. The van der Waals surface area contributed by atoms with Gasteiger partial charge in [0.05, 0.1) is 5.39 Å². The summed E-state index contributed by atoms with van der Waals surface area (Å²) in [6, 6.07) is 7.28. The van der Waals surface area contributed by atoms with E-state index in [-0.39, 0.29) is 5.56 Å². The Morgan fingerprint density at radius 3 is 3.00 bits per heavy atom. The lowest BCUT2D eigenvalue weighted by Gasteiger charge is -2.04. The molecule has 0 saturated heterocycles. The second kappa shape index (κ2) is 5.54. The summed E-state index contributed by atoms with van der Waals surface area (Å²) in [6.07, 6.45) is 0.876. The van der Waals surface area contributed by atoms with Crippen LogP contribution < -0.4 is 10.9 Å². The van der Waals surface area contributed by atoms with Gasteiger partial charge in [-0.05, 0) is 31.6 Å². The number of benzene rings is 1. The molecule has 1 aromatic carbocycles. The van der Waals surface area contributed by atoms with Crippen LogP contribution in [0.3, 0.4) is 0 Å². The van der Waals surface area contributed by atoms with Gasteiger partial charge in [0.2, 0.25) is 0 Å². The minimum absolute atomic E-state index is 0.0629. The zero-order valence-electron chi connectivity index (χ0n) is 9.89. The first-order valence-electron chi connectivity index (χ1n) is 5.86. The van der Waals surface area contributed by atoms with Gasteiger partial charge < -0.3 is 5.32 Å². The fourth-order valence-corrected chi connectivity index (χ4v) is 1.70. The molecule has 5 heteroatoms. The van der Waals surface area contributed by atoms with Crippen molar-refractivity contribution >= 4 is 10.9 Å². The van der Waals surface area contributed by atoms with Crippen LogP contribution in [0, 0.1) is 0 Å². The third-order valence-corrected chi connectivity index (χ3v) is 2.60. The lowest BCUT2D eigenvalue weighted by Crippen LogP contribution is -2.26. The van der Waals surface area contributed by atoms with Crippen molar-refractivity contribution in [3.05, 3.63) is 34.6 Å². The van der Waals surface area contributed by atoms with E-state index in [1.54, 1.807) is 12.1 Å². The van der Waals surface area contributed by atoms with Crippen LogP contribution in [0.1, 0.15) is 13.3 Å². The molecule has 1 aromatic heterocycles. The van der Waals surface area contributed by atoms with Gasteiger partial charge in [-0.3, -0.25) is 4.79 Å². The number of aryl methyl sites for hydroxylation is 1. The molecule has 2 rings (SSSR count). The van der Waals surface area contributed by atoms with Crippen LogP contribution in [-0.2, 0) is 6.54 Å². The first-order chi connectivity index (χ1) is 8.33. The monoisotopic (exact) mass is 232 g/mol. The lowest BCUT2D eigenvalue weighted by molar-refractivity contribution is 0.509. The summed E-state index contributed by atoms with van der Waals surface area (Å²) < 4.78 is 1.43. The molecule has 0 amide bonds. The van der Waals surface area contributed by atoms with Gasteiger partial charge in [-0.15, -0.1) is 5.10 Å². The maximum atomic E-state index is 12.0. The largest absolute Gasteiger partial charge is 0.317 e. The standard InChI is InChI=1S/C12H16N4O/c1-2-13-8-5-9-16-12(17)10-6-3-4-7-11(10)14-15-16/h3-4,6-7,13H,2,5,8-9H2,1H3. The molecule has 0 spiro atoms. The Kier molecular flexibility index (Phi) is 3.82. The van der Waals surface area contributed by atoms with Gasteiger partial charge in [-0.25, -0.2) is 4.68 Å². The van der Waals surface area contributed by atoms with Crippen molar-refractivity contribution in [3.8, 4) is 0 Å². The van der Waals surface area contributed by atoms with E-state index in [2.05, 4.69) is 22.6 Å². The quantitative estimate of drug-likeness (QED) is 0.774. The van der Waals surface area contributed by atoms with Gasteiger partial charge in [0.1, 0.15) is 5.52 Å². The molecule has 90 valence electrons. The molecule has 0 aliphatic heterocycles. The van der Waals surface area contributed by atoms with Gasteiger partial charge in [0.25, 0.3) is 5.56 Å². The highest BCUT2D eigenvalue weighted by molar-refractivity contribution is 5.76. The number of nitrogens with one attached hydrogen (secondary N) is 1. The molecule has 0 atom stereocenters. The lowest BCUT2D eigenvalue weighted by atomic mass is 10.2. The van der Waals surface area contributed by atoms with Crippen molar-refractivity contribution < 1.29 is 0 Å². The third kappa shape index (κ3) is 2.68. The van der Waals surface area contributed by atoms with Gasteiger partial charge in [0, 0.05) is 6.54 Å². The van der Waals surface area contributed by atoms with E-state index >= 15 is 0 Å². The Morgan fingerprint density at radius 2 is 2.18 bits per heavy atom. The summed E-state index contributed by atoms with van der Waals surface area (Å²) >= 11 is 0. The zero-order valence-corrected chi connectivity index (χ0v) is 9.89. The molecule has 0 unspecified atom stereocenters. The molecule has 1 heterocycles. The van der Waals surface area contributed by atoms with E-state index in [1.807, 2.05) is 12.1 Å². The Morgan fingerprint density at radius 1 is 1.35 bits per heavy atom. The number of hydrogen-bond acceptors (Lipinski definition) is 4. The topological polar surface area (TPSA) is 59.8 Å². The Bertz CT molecular complexity index is 549. The molecule has 17 heavy (non-hydrogen) atoms. The molecular weight excluding hydrogens is 216 g/mol. The summed E-state index contributed by atoms with van der Waals surface area (Å²) in [4.78, 5) is 12.0. The highest BCUT2D eigenvalue weighted by Crippen LogP contribution is 2.03. The highest BCUT2D eigenvalue weighted by Gasteiger charge is 2.03. The van der Waals surface area contributed by atoms with E-state index in [9.17, 15) is 4.79 Å². The molecular formula is C12H16N4O. The first kappa shape index (κ1) is 11.7. The average molecular weight is 232 g/mol. The van der Waals surface area contributed by atoms with Gasteiger partial charge in [-0.1, -0.05) is 24.3 Å². The van der Waals surface area contributed by atoms with Crippen molar-refractivity contribution in [2.45, 2.75) is 19.9 Å². The fraction of sp³-hybridized carbons (Fsp3) is 0.417. The zero-order chi connectivity index (χ0) is 12.1. The average Bonchev–Trinajstić information content (AvgIpc) is 2.37. The van der Waals surface area contributed by atoms with Gasteiger partial charge >= 0.3 is 0 Å². The predicted molar refractivity (Wildman–Crippen MR) is 67.0 cm³/mol. The number of hydrogen-bond donors (Lipinski definition) is 1. The third-order valence-electron chi connectivity index (χ3n) is 2.60. The van der Waals surface area contributed by atoms with Crippen LogP contribution in [0.2, 0.25) is 0 Å². The summed E-state index contributed by atoms with van der Waals surface area (Å²) in [5, 5.41) is 11.8. The number of aromatic nitrogens is 3. The Balaban J connectivity index is 2.18. The van der Waals surface area contributed by atoms with Crippen LogP contribution in [-0.4, -0.2) is 28.1 Å². The SMILES string of the molecule is CCNCCCn1nnc2ccccc2c1=O. The Hall–Kier alpha value is -1.75. The molecule has 5 nitrogen and oxygen atoms in total. The summed E-state index contributed by atoms with van der Waals surface area (Å²) in [6.45, 7) is 4.49. The molecule has 1 N–H and O–H groups in total. The van der Waals surface area contributed by atoms with Crippen molar-refractivity contribution in [2.75, 3.05) is 13.1 Å². The minimum Gasteiger partial charge on any atom is -0.317 e. The second-order valence-electron chi connectivity index (χ2n) is 3.84. The molecule has 0 radical (unpaired) electrons. The van der Waals surface area contributed by atoms with Gasteiger partial charge in [-0.2, -0.15) is 0 Å². The second-order valence-corrected chi connectivity index (χ2v) is 3.84. The van der Waals surface area contributed by atoms with Crippen molar-refractivity contribution in [3.63, 3.8) is 0 Å². The maximum absolute atomic E-state index is 12.0. The van der Waals surface area contributed by atoms with Crippen LogP contribution in [0.4, 0.5) is 0 Å². The summed E-state index contributed by atoms with van der Waals surface area (Å²) in [5.74, 6) is 0. The molecule has 0 aliphatic rings. The summed E-state index contributed by atoms with van der Waals surface area (Å²) in [5.41, 5.74) is 0.590. The highest BCUT2D eigenvalue weighted by atomic mass is 16.1. The molecule has 0 aliphatic carbocycles. The van der Waals surface area contributed by atoms with Crippen LogP contribution in [0.25, 0.3) is 10.9 Å². The van der Waals surface area contributed by atoms with Crippen molar-refractivity contribution in [1.82, 2.24) is 20.3 Å². The van der Waals surface area contributed by atoms with Gasteiger partial charge in [0.15, 0.2) is 0 Å². The van der Waals surface area contributed by atoms with E-state index in [4.69, 9.17) is 0 Å². The van der Waals surface area contributed by atoms with Crippen LogP contribution in [0.15, 0.2) is 29.1 Å². The van der Waals surface area contributed by atoms with E-state index < -0.39 is 0 Å². The van der Waals surface area contributed by atoms with Crippen LogP contribution in [0.5, 0.6) is 0 Å². The Labute approximate surface area is 99.5 Å². The molecule has 2 aromatic rings. The molecule has 0 saturated carbocycles. The smallest absolute Gasteiger partial charge is 0.277 e. The van der Waals surface area contributed by atoms with Crippen molar-refractivity contribution in [1.29, 1.82) is 0 Å². The normalized spacial score (nSPS) is 10.9. The van der Waals surface area contributed by atoms with E-state index in [0.29, 0.717) is 17.4 Å².